The molecule has 4 heteroatoms. The van der Waals surface area contributed by atoms with Crippen molar-refractivity contribution in [3.05, 3.63) is 34.9 Å². The summed E-state index contributed by atoms with van der Waals surface area (Å²) >= 11 is 7.94. The Balaban J connectivity index is 2.33. The van der Waals surface area contributed by atoms with E-state index in [2.05, 4.69) is 18.3 Å². The first kappa shape index (κ1) is 14.8. The first-order chi connectivity index (χ1) is 8.27. The van der Waals surface area contributed by atoms with Crippen molar-refractivity contribution in [3.63, 3.8) is 0 Å². The molecule has 0 saturated carbocycles. The van der Waals surface area contributed by atoms with Crippen molar-refractivity contribution in [2.75, 3.05) is 18.9 Å². The van der Waals surface area contributed by atoms with Gasteiger partial charge < -0.3 is 10.4 Å². The van der Waals surface area contributed by atoms with E-state index in [1.165, 1.54) is 5.56 Å². The van der Waals surface area contributed by atoms with Crippen LogP contribution in [-0.2, 0) is 5.75 Å². The molecule has 1 aromatic rings. The van der Waals surface area contributed by atoms with Gasteiger partial charge in [0.05, 0.1) is 0 Å². The number of rotatable bonds is 8. The number of benzene rings is 1. The second-order valence-corrected chi connectivity index (χ2v) is 5.31. The molecule has 1 unspecified atom stereocenters. The summed E-state index contributed by atoms with van der Waals surface area (Å²) in [6.45, 7) is 3.27. The normalized spacial score (nSPS) is 12.6. The van der Waals surface area contributed by atoms with Gasteiger partial charge in [-0.2, -0.15) is 11.8 Å². The van der Waals surface area contributed by atoms with E-state index in [0.717, 1.165) is 29.5 Å². The fourth-order valence-corrected chi connectivity index (χ4v) is 3.06. The molecule has 1 aromatic carbocycles. The maximum atomic E-state index is 8.95. The van der Waals surface area contributed by atoms with Crippen LogP contribution in [0.3, 0.4) is 0 Å². The van der Waals surface area contributed by atoms with E-state index in [4.69, 9.17) is 16.7 Å². The highest BCUT2D eigenvalue weighted by molar-refractivity contribution is 7.98. The number of nitrogens with one attached hydrogen (secondary N) is 1. The highest BCUT2D eigenvalue weighted by atomic mass is 35.5. The highest BCUT2D eigenvalue weighted by Gasteiger charge is 2.07. The summed E-state index contributed by atoms with van der Waals surface area (Å²) in [7, 11) is 0. The van der Waals surface area contributed by atoms with Gasteiger partial charge in [-0.1, -0.05) is 36.7 Å². The molecule has 0 amide bonds. The quantitative estimate of drug-likeness (QED) is 0.764. The minimum atomic E-state index is 0.240. The summed E-state index contributed by atoms with van der Waals surface area (Å²) in [4.78, 5) is 0. The zero-order chi connectivity index (χ0) is 12.5. The Labute approximate surface area is 113 Å². The molecule has 1 atom stereocenters. The zero-order valence-electron chi connectivity index (χ0n) is 10.2. The predicted octanol–water partition coefficient (Wildman–Crippen LogP) is 2.93. The van der Waals surface area contributed by atoms with Gasteiger partial charge in [0.2, 0.25) is 0 Å². The average molecular weight is 274 g/mol. The fourth-order valence-electron chi connectivity index (χ4n) is 1.62. The number of thioether (sulfide) groups is 1. The van der Waals surface area contributed by atoms with Gasteiger partial charge in [0.1, 0.15) is 0 Å². The van der Waals surface area contributed by atoms with E-state index in [9.17, 15) is 0 Å². The van der Waals surface area contributed by atoms with Crippen molar-refractivity contribution in [2.45, 2.75) is 25.1 Å². The number of hydrogen-bond donors (Lipinski definition) is 2. The first-order valence-electron chi connectivity index (χ1n) is 5.93. The Morgan fingerprint density at radius 3 is 2.82 bits per heavy atom. The maximum Gasteiger partial charge on any atom is 0.0446 e. The first-order valence-corrected chi connectivity index (χ1v) is 7.46. The van der Waals surface area contributed by atoms with E-state index in [-0.39, 0.29) is 6.61 Å². The Kier molecular flexibility index (Phi) is 7.69. The molecule has 0 fully saturated rings. The average Bonchev–Trinajstić information content (AvgIpc) is 2.32. The lowest BCUT2D eigenvalue weighted by Crippen LogP contribution is -2.32. The monoisotopic (exact) mass is 273 g/mol. The topological polar surface area (TPSA) is 32.3 Å². The van der Waals surface area contributed by atoms with Crippen molar-refractivity contribution in [2.24, 2.45) is 0 Å². The molecule has 0 aliphatic heterocycles. The van der Waals surface area contributed by atoms with Crippen molar-refractivity contribution < 1.29 is 5.11 Å². The second-order valence-electron chi connectivity index (χ2n) is 3.87. The summed E-state index contributed by atoms with van der Waals surface area (Å²) in [5, 5.41) is 13.2. The number of halogens is 1. The number of aliphatic hydroxyl groups excluding tert-OH is 1. The summed E-state index contributed by atoms with van der Waals surface area (Å²) < 4.78 is 0. The lowest BCUT2D eigenvalue weighted by molar-refractivity contribution is 0.271. The third-order valence-corrected chi connectivity index (χ3v) is 4.03. The SMILES string of the molecule is CCNC(CCO)CSCc1ccccc1Cl. The van der Waals surface area contributed by atoms with Crippen LogP contribution >= 0.6 is 23.4 Å². The molecule has 96 valence electrons. The largest absolute Gasteiger partial charge is 0.396 e. The second kappa shape index (κ2) is 8.81. The fraction of sp³-hybridized carbons (Fsp3) is 0.538. The van der Waals surface area contributed by atoms with E-state index >= 15 is 0 Å². The third-order valence-electron chi connectivity index (χ3n) is 2.50. The maximum absolute atomic E-state index is 8.95. The molecular weight excluding hydrogens is 254 g/mol. The minimum absolute atomic E-state index is 0.240. The lowest BCUT2D eigenvalue weighted by atomic mass is 10.2. The van der Waals surface area contributed by atoms with Crippen molar-refractivity contribution in [1.82, 2.24) is 5.32 Å². The van der Waals surface area contributed by atoms with Gasteiger partial charge in [-0.15, -0.1) is 0 Å². The molecule has 0 heterocycles. The molecule has 0 radical (unpaired) electrons. The van der Waals surface area contributed by atoms with Crippen LogP contribution in [0, 0.1) is 0 Å². The van der Waals surface area contributed by atoms with Crippen LogP contribution in [0.5, 0.6) is 0 Å². The number of hydrogen-bond acceptors (Lipinski definition) is 3. The summed E-state index contributed by atoms with van der Waals surface area (Å²) in [5.41, 5.74) is 1.18. The third kappa shape index (κ3) is 5.77. The number of aliphatic hydroxyl groups is 1. The van der Waals surface area contributed by atoms with Gasteiger partial charge in [0, 0.05) is 29.2 Å². The smallest absolute Gasteiger partial charge is 0.0446 e. The van der Waals surface area contributed by atoms with E-state index in [1.54, 1.807) is 0 Å². The molecule has 0 saturated heterocycles. The molecular formula is C13H20ClNOS. The molecule has 0 aliphatic rings. The lowest BCUT2D eigenvalue weighted by Gasteiger charge is -2.16. The summed E-state index contributed by atoms with van der Waals surface area (Å²) in [6, 6.07) is 8.33. The molecule has 0 spiro atoms. The summed E-state index contributed by atoms with van der Waals surface area (Å²) in [6.07, 6.45) is 0.809. The molecule has 1 rings (SSSR count). The van der Waals surface area contributed by atoms with E-state index in [1.807, 2.05) is 30.0 Å². The predicted molar refractivity (Wildman–Crippen MR) is 76.8 cm³/mol. The van der Waals surface area contributed by atoms with Gasteiger partial charge in [-0.05, 0) is 24.6 Å². The van der Waals surface area contributed by atoms with E-state index < -0.39 is 0 Å². The molecule has 0 aliphatic carbocycles. The van der Waals surface area contributed by atoms with Crippen LogP contribution in [0.15, 0.2) is 24.3 Å². The molecule has 0 aromatic heterocycles. The van der Waals surface area contributed by atoms with Crippen molar-refractivity contribution in [3.8, 4) is 0 Å². The minimum Gasteiger partial charge on any atom is -0.396 e. The van der Waals surface area contributed by atoms with Gasteiger partial charge in [0.25, 0.3) is 0 Å². The highest BCUT2D eigenvalue weighted by Crippen LogP contribution is 2.21. The molecule has 17 heavy (non-hydrogen) atoms. The standard InChI is InChI=1S/C13H20ClNOS/c1-2-15-12(7-8-16)10-17-9-11-5-3-4-6-13(11)14/h3-6,12,15-16H,2,7-10H2,1H3. The van der Waals surface area contributed by atoms with Crippen LogP contribution in [0.4, 0.5) is 0 Å². The van der Waals surface area contributed by atoms with Crippen molar-refractivity contribution in [1.29, 1.82) is 0 Å². The van der Waals surface area contributed by atoms with Gasteiger partial charge in [0.15, 0.2) is 0 Å². The zero-order valence-corrected chi connectivity index (χ0v) is 11.7. The van der Waals surface area contributed by atoms with Gasteiger partial charge >= 0.3 is 0 Å². The van der Waals surface area contributed by atoms with Crippen LogP contribution in [0.1, 0.15) is 18.9 Å². The summed E-state index contributed by atoms with van der Waals surface area (Å²) in [5.74, 6) is 1.92. The van der Waals surface area contributed by atoms with Gasteiger partial charge in [-0.3, -0.25) is 0 Å². The molecule has 2 nitrogen and oxygen atoms in total. The Bertz CT molecular complexity index is 316. The van der Waals surface area contributed by atoms with E-state index in [0.29, 0.717) is 6.04 Å². The Morgan fingerprint density at radius 1 is 1.41 bits per heavy atom. The van der Waals surface area contributed by atoms with Crippen LogP contribution < -0.4 is 5.32 Å². The Morgan fingerprint density at radius 2 is 2.18 bits per heavy atom. The Hall–Kier alpha value is -0.220. The van der Waals surface area contributed by atoms with Gasteiger partial charge in [-0.25, -0.2) is 0 Å². The molecule has 0 bridgehead atoms. The van der Waals surface area contributed by atoms with Crippen LogP contribution in [0.25, 0.3) is 0 Å². The molecule has 2 N–H and O–H groups in total. The van der Waals surface area contributed by atoms with Crippen LogP contribution in [0.2, 0.25) is 5.02 Å². The van der Waals surface area contributed by atoms with Crippen LogP contribution in [-0.4, -0.2) is 30.1 Å². The van der Waals surface area contributed by atoms with Crippen molar-refractivity contribution >= 4 is 23.4 Å².